The first-order valence-corrected chi connectivity index (χ1v) is 8.62. The Morgan fingerprint density at radius 1 is 1.11 bits per heavy atom. The Kier molecular flexibility index (Phi) is 8.72. The zero-order chi connectivity index (χ0) is 14.1. The van der Waals surface area contributed by atoms with Crippen molar-refractivity contribution in [2.75, 3.05) is 26.2 Å². The predicted molar refractivity (Wildman–Crippen MR) is 85.6 cm³/mol. The second kappa shape index (κ2) is 9.77. The van der Waals surface area contributed by atoms with E-state index in [1.54, 1.807) is 0 Å². The van der Waals surface area contributed by atoms with Gasteiger partial charge in [-0.3, -0.25) is 4.90 Å². The average Bonchev–Trinajstić information content (AvgIpc) is 2.61. The van der Waals surface area contributed by atoms with Gasteiger partial charge in [-0.25, -0.2) is 0 Å². The van der Waals surface area contributed by atoms with Crippen LogP contribution in [0.3, 0.4) is 0 Å². The van der Waals surface area contributed by atoms with Crippen molar-refractivity contribution in [2.45, 2.75) is 72.3 Å². The zero-order valence-corrected chi connectivity index (χ0v) is 13.8. The molecule has 2 nitrogen and oxygen atoms in total. The van der Waals surface area contributed by atoms with Gasteiger partial charge in [-0.1, -0.05) is 40.5 Å². The van der Waals surface area contributed by atoms with Gasteiger partial charge >= 0.3 is 0 Å². The summed E-state index contributed by atoms with van der Waals surface area (Å²) < 4.78 is 0. The number of hydrogen-bond donors (Lipinski definition) is 1. The molecule has 1 rings (SSSR count). The molecule has 2 unspecified atom stereocenters. The maximum atomic E-state index is 3.65. The highest BCUT2D eigenvalue weighted by Crippen LogP contribution is 2.23. The number of likely N-dealkylation sites (tertiary alicyclic amines) is 1. The third-order valence-corrected chi connectivity index (χ3v) is 4.50. The minimum atomic E-state index is 0.749. The Bertz CT molecular complexity index is 215. The molecule has 0 bridgehead atoms. The molecule has 1 aliphatic rings. The molecule has 1 heterocycles. The van der Waals surface area contributed by atoms with Crippen molar-refractivity contribution >= 4 is 0 Å². The van der Waals surface area contributed by atoms with Gasteiger partial charge in [-0.2, -0.15) is 0 Å². The largest absolute Gasteiger partial charge is 0.315 e. The van der Waals surface area contributed by atoms with Crippen LogP contribution in [0.1, 0.15) is 66.2 Å². The van der Waals surface area contributed by atoms with Crippen molar-refractivity contribution in [3.63, 3.8) is 0 Å². The van der Waals surface area contributed by atoms with Crippen LogP contribution in [0.2, 0.25) is 0 Å². The maximum absolute atomic E-state index is 3.65. The fraction of sp³-hybridized carbons (Fsp3) is 1.00. The van der Waals surface area contributed by atoms with E-state index >= 15 is 0 Å². The molecule has 19 heavy (non-hydrogen) atoms. The lowest BCUT2D eigenvalue weighted by molar-refractivity contribution is 0.189. The average molecular weight is 268 g/mol. The van der Waals surface area contributed by atoms with Crippen molar-refractivity contribution in [1.29, 1.82) is 0 Å². The molecule has 0 spiro atoms. The van der Waals surface area contributed by atoms with Crippen LogP contribution in [0.5, 0.6) is 0 Å². The summed E-state index contributed by atoms with van der Waals surface area (Å²) in [6.45, 7) is 14.2. The fourth-order valence-corrected chi connectivity index (χ4v) is 3.32. The van der Waals surface area contributed by atoms with Crippen LogP contribution in [0.4, 0.5) is 0 Å². The molecular formula is C17H36N2. The first-order valence-electron chi connectivity index (χ1n) is 8.62. The summed E-state index contributed by atoms with van der Waals surface area (Å²) in [5.41, 5.74) is 0. The number of rotatable bonds is 8. The van der Waals surface area contributed by atoms with Crippen molar-refractivity contribution in [2.24, 2.45) is 11.8 Å². The first kappa shape index (κ1) is 17.0. The van der Waals surface area contributed by atoms with E-state index in [0.717, 1.165) is 24.4 Å². The van der Waals surface area contributed by atoms with E-state index in [2.05, 4.69) is 37.9 Å². The zero-order valence-electron chi connectivity index (χ0n) is 13.8. The van der Waals surface area contributed by atoms with E-state index in [1.165, 1.54) is 58.2 Å². The van der Waals surface area contributed by atoms with Crippen LogP contribution in [-0.2, 0) is 0 Å². The standard InChI is InChI=1S/C17H36N2/c1-5-8-16-9-7-11-19(12-10-16)17(6-2)14-18-13-15(3)4/h15-18H,5-14H2,1-4H3. The summed E-state index contributed by atoms with van der Waals surface area (Å²) in [6, 6.07) is 0.749. The highest BCUT2D eigenvalue weighted by molar-refractivity contribution is 4.77. The van der Waals surface area contributed by atoms with Gasteiger partial charge in [-0.15, -0.1) is 0 Å². The lowest BCUT2D eigenvalue weighted by Gasteiger charge is -2.30. The lowest BCUT2D eigenvalue weighted by Crippen LogP contribution is -2.43. The molecule has 114 valence electrons. The first-order chi connectivity index (χ1) is 9.17. The van der Waals surface area contributed by atoms with Crippen LogP contribution >= 0.6 is 0 Å². The molecule has 0 aromatic heterocycles. The van der Waals surface area contributed by atoms with Gasteiger partial charge < -0.3 is 5.32 Å². The normalized spacial score (nSPS) is 23.5. The molecule has 1 N–H and O–H groups in total. The van der Waals surface area contributed by atoms with E-state index in [1.807, 2.05) is 0 Å². The molecule has 2 atom stereocenters. The molecule has 1 aliphatic heterocycles. The van der Waals surface area contributed by atoms with Gasteiger partial charge in [-0.05, 0) is 57.2 Å². The topological polar surface area (TPSA) is 15.3 Å². The number of nitrogens with one attached hydrogen (secondary N) is 1. The fourth-order valence-electron chi connectivity index (χ4n) is 3.32. The van der Waals surface area contributed by atoms with Gasteiger partial charge in [0.25, 0.3) is 0 Å². The SMILES string of the molecule is CCCC1CCCN(C(CC)CNCC(C)C)CC1. The quantitative estimate of drug-likeness (QED) is 0.718. The molecule has 0 aromatic carbocycles. The van der Waals surface area contributed by atoms with Crippen LogP contribution in [0.25, 0.3) is 0 Å². The highest BCUT2D eigenvalue weighted by Gasteiger charge is 2.21. The summed E-state index contributed by atoms with van der Waals surface area (Å²) in [6.07, 6.45) is 8.37. The molecule has 0 aliphatic carbocycles. The Morgan fingerprint density at radius 3 is 2.53 bits per heavy atom. The summed E-state index contributed by atoms with van der Waals surface area (Å²) in [5.74, 6) is 1.76. The van der Waals surface area contributed by atoms with Crippen molar-refractivity contribution in [1.82, 2.24) is 10.2 Å². The molecule has 0 aromatic rings. The third-order valence-electron chi connectivity index (χ3n) is 4.50. The molecule has 0 saturated carbocycles. The Morgan fingerprint density at radius 2 is 1.89 bits per heavy atom. The van der Waals surface area contributed by atoms with Gasteiger partial charge in [0.1, 0.15) is 0 Å². The number of hydrogen-bond acceptors (Lipinski definition) is 2. The second-order valence-electron chi connectivity index (χ2n) is 6.74. The summed E-state index contributed by atoms with van der Waals surface area (Å²) >= 11 is 0. The second-order valence-corrected chi connectivity index (χ2v) is 6.74. The van der Waals surface area contributed by atoms with Crippen LogP contribution in [0.15, 0.2) is 0 Å². The molecular weight excluding hydrogens is 232 g/mol. The van der Waals surface area contributed by atoms with E-state index in [9.17, 15) is 0 Å². The van der Waals surface area contributed by atoms with Crippen molar-refractivity contribution < 1.29 is 0 Å². The van der Waals surface area contributed by atoms with E-state index < -0.39 is 0 Å². The summed E-state index contributed by atoms with van der Waals surface area (Å²) in [4.78, 5) is 2.75. The number of nitrogens with zero attached hydrogens (tertiary/aromatic N) is 1. The van der Waals surface area contributed by atoms with Gasteiger partial charge in [0.05, 0.1) is 0 Å². The molecule has 1 saturated heterocycles. The van der Waals surface area contributed by atoms with Gasteiger partial charge in [0.2, 0.25) is 0 Å². The smallest absolute Gasteiger partial charge is 0.0218 e. The van der Waals surface area contributed by atoms with Crippen LogP contribution < -0.4 is 5.32 Å². The molecule has 0 amide bonds. The lowest BCUT2D eigenvalue weighted by atomic mass is 9.96. The minimum Gasteiger partial charge on any atom is -0.315 e. The molecule has 1 fully saturated rings. The maximum Gasteiger partial charge on any atom is 0.0218 e. The van der Waals surface area contributed by atoms with E-state index in [-0.39, 0.29) is 0 Å². The van der Waals surface area contributed by atoms with Crippen LogP contribution in [-0.4, -0.2) is 37.1 Å². The van der Waals surface area contributed by atoms with Gasteiger partial charge in [0.15, 0.2) is 0 Å². The minimum absolute atomic E-state index is 0.749. The Hall–Kier alpha value is -0.0800. The van der Waals surface area contributed by atoms with Crippen LogP contribution in [0, 0.1) is 11.8 Å². The third kappa shape index (κ3) is 6.76. The van der Waals surface area contributed by atoms with Gasteiger partial charge in [0, 0.05) is 12.6 Å². The predicted octanol–water partition coefficient (Wildman–Crippen LogP) is 3.91. The molecule has 2 heteroatoms. The van der Waals surface area contributed by atoms with E-state index in [0.29, 0.717) is 0 Å². The van der Waals surface area contributed by atoms with Crippen molar-refractivity contribution in [3.05, 3.63) is 0 Å². The Labute approximate surface area is 121 Å². The van der Waals surface area contributed by atoms with E-state index in [4.69, 9.17) is 0 Å². The Balaban J connectivity index is 2.34. The highest BCUT2D eigenvalue weighted by atomic mass is 15.2. The molecule has 0 radical (unpaired) electrons. The monoisotopic (exact) mass is 268 g/mol. The van der Waals surface area contributed by atoms with Crippen molar-refractivity contribution in [3.8, 4) is 0 Å². The summed E-state index contributed by atoms with van der Waals surface area (Å²) in [7, 11) is 0. The summed E-state index contributed by atoms with van der Waals surface area (Å²) in [5, 5.41) is 3.65.